The van der Waals surface area contributed by atoms with E-state index in [2.05, 4.69) is 50.9 Å². The Morgan fingerprint density at radius 1 is 1.15 bits per heavy atom. The Kier molecular flexibility index (Phi) is 6.48. The van der Waals surface area contributed by atoms with Crippen molar-refractivity contribution < 1.29 is 9.28 Å². The summed E-state index contributed by atoms with van der Waals surface area (Å²) in [5.74, 6) is 0.415. The molecule has 4 heteroatoms. The first-order chi connectivity index (χ1) is 12.9. The summed E-state index contributed by atoms with van der Waals surface area (Å²) in [7, 11) is 0. The third kappa shape index (κ3) is 4.49. The number of nitrogens with zero attached hydrogens (tertiary/aromatic N) is 2. The SMILES string of the molecule is CCC(C(=O)Cc1c(C)cccc1C)[N+]1(Cc2cnc(C)s2)CCCCC1. The second-order valence-electron chi connectivity index (χ2n) is 8.17. The molecule has 0 aliphatic carbocycles. The molecular formula is C23H33N2OS+. The number of piperidine rings is 1. The second kappa shape index (κ2) is 8.66. The van der Waals surface area contributed by atoms with Crippen LogP contribution in [0.5, 0.6) is 0 Å². The lowest BCUT2D eigenvalue weighted by molar-refractivity contribution is -0.959. The number of thiazole rings is 1. The molecule has 0 saturated carbocycles. The normalized spacial score (nSPS) is 17.6. The number of aryl methyl sites for hydroxylation is 3. The van der Waals surface area contributed by atoms with E-state index in [4.69, 9.17) is 0 Å². The monoisotopic (exact) mass is 385 g/mol. The Balaban J connectivity index is 1.87. The number of aromatic nitrogens is 1. The van der Waals surface area contributed by atoms with E-state index in [9.17, 15) is 4.79 Å². The molecule has 27 heavy (non-hydrogen) atoms. The summed E-state index contributed by atoms with van der Waals surface area (Å²) in [6.07, 6.45) is 7.26. The molecule has 1 saturated heterocycles. The highest BCUT2D eigenvalue weighted by atomic mass is 32.1. The van der Waals surface area contributed by atoms with Crippen LogP contribution in [0.3, 0.4) is 0 Å². The molecule has 0 N–H and O–H groups in total. The van der Waals surface area contributed by atoms with Crippen molar-refractivity contribution >= 4 is 17.1 Å². The minimum atomic E-state index is 0.0895. The molecule has 146 valence electrons. The van der Waals surface area contributed by atoms with Gasteiger partial charge in [-0.25, -0.2) is 4.98 Å². The summed E-state index contributed by atoms with van der Waals surface area (Å²) >= 11 is 1.79. The lowest BCUT2D eigenvalue weighted by Gasteiger charge is -2.46. The van der Waals surface area contributed by atoms with Gasteiger partial charge in [0.2, 0.25) is 0 Å². The van der Waals surface area contributed by atoms with Crippen LogP contribution in [0.15, 0.2) is 24.4 Å². The van der Waals surface area contributed by atoms with Gasteiger partial charge in [0, 0.05) is 19.0 Å². The van der Waals surface area contributed by atoms with Gasteiger partial charge in [0.05, 0.1) is 23.0 Å². The summed E-state index contributed by atoms with van der Waals surface area (Å²) in [6, 6.07) is 6.43. The lowest BCUT2D eigenvalue weighted by atomic mass is 9.91. The van der Waals surface area contributed by atoms with E-state index >= 15 is 0 Å². The van der Waals surface area contributed by atoms with Crippen molar-refractivity contribution in [2.75, 3.05) is 13.1 Å². The zero-order valence-corrected chi connectivity index (χ0v) is 18.1. The van der Waals surface area contributed by atoms with Gasteiger partial charge >= 0.3 is 0 Å². The zero-order chi connectivity index (χ0) is 19.4. The topological polar surface area (TPSA) is 30.0 Å². The fraction of sp³-hybridized carbons (Fsp3) is 0.565. The molecule has 0 radical (unpaired) electrons. The number of benzene rings is 1. The van der Waals surface area contributed by atoms with E-state index in [1.54, 1.807) is 11.3 Å². The fourth-order valence-electron chi connectivity index (χ4n) is 4.85. The Bertz CT molecular complexity index is 769. The van der Waals surface area contributed by atoms with Crippen LogP contribution in [0.4, 0.5) is 0 Å². The summed E-state index contributed by atoms with van der Waals surface area (Å²) < 4.78 is 0.932. The molecule has 1 aliphatic rings. The third-order valence-corrected chi connectivity index (χ3v) is 7.16. The van der Waals surface area contributed by atoms with Crippen LogP contribution in [0.2, 0.25) is 0 Å². The average Bonchev–Trinajstić information content (AvgIpc) is 3.04. The number of quaternary nitrogens is 1. The van der Waals surface area contributed by atoms with Crippen LogP contribution in [0, 0.1) is 20.8 Å². The third-order valence-electron chi connectivity index (χ3n) is 6.26. The van der Waals surface area contributed by atoms with E-state index < -0.39 is 0 Å². The highest BCUT2D eigenvalue weighted by Crippen LogP contribution is 2.31. The van der Waals surface area contributed by atoms with Crippen LogP contribution < -0.4 is 0 Å². The van der Waals surface area contributed by atoms with E-state index in [-0.39, 0.29) is 6.04 Å². The minimum Gasteiger partial charge on any atom is -0.311 e. The molecule has 1 atom stereocenters. The van der Waals surface area contributed by atoms with Gasteiger partial charge in [0.25, 0.3) is 0 Å². The zero-order valence-electron chi connectivity index (χ0n) is 17.3. The molecule has 0 amide bonds. The van der Waals surface area contributed by atoms with E-state index in [1.807, 2.05) is 6.20 Å². The molecule has 3 nitrogen and oxygen atoms in total. The Morgan fingerprint density at radius 3 is 2.37 bits per heavy atom. The standard InChI is InChI=1S/C23H33N2OS/c1-5-22(23(26)14-21-17(2)10-9-11-18(21)3)25(12-7-6-8-13-25)16-20-15-24-19(4)27-20/h9-11,15,22H,5-8,12-14,16H2,1-4H3/q+1. The van der Waals surface area contributed by atoms with Gasteiger partial charge in [-0.05, 0) is 56.7 Å². The number of carbonyl (C=O) groups excluding carboxylic acids is 1. The number of ketones is 1. The van der Waals surface area contributed by atoms with Crippen LogP contribution in [-0.2, 0) is 17.8 Å². The van der Waals surface area contributed by atoms with Gasteiger partial charge in [0.15, 0.2) is 5.78 Å². The van der Waals surface area contributed by atoms with Gasteiger partial charge in [0.1, 0.15) is 12.6 Å². The molecule has 1 fully saturated rings. The van der Waals surface area contributed by atoms with E-state index in [0.717, 1.165) is 35.5 Å². The Morgan fingerprint density at radius 2 is 1.81 bits per heavy atom. The van der Waals surface area contributed by atoms with Crippen LogP contribution in [0.1, 0.15) is 59.2 Å². The average molecular weight is 386 g/mol. The molecule has 2 aromatic rings. The van der Waals surface area contributed by atoms with Gasteiger partial charge < -0.3 is 4.48 Å². The van der Waals surface area contributed by atoms with Crippen molar-refractivity contribution in [3.8, 4) is 0 Å². The molecule has 3 rings (SSSR count). The number of rotatable bonds is 7. The first-order valence-corrected chi connectivity index (χ1v) is 11.1. The number of carbonyl (C=O) groups is 1. The van der Waals surface area contributed by atoms with Crippen molar-refractivity contribution in [3.05, 3.63) is 51.0 Å². The molecule has 0 bridgehead atoms. The summed E-state index contributed by atoms with van der Waals surface area (Å²) in [4.78, 5) is 19.3. The number of Topliss-reactive ketones (excluding diaryl/α,β-unsaturated/α-hetero) is 1. The maximum absolute atomic E-state index is 13.5. The van der Waals surface area contributed by atoms with Gasteiger partial charge in [-0.15, -0.1) is 11.3 Å². The first kappa shape index (κ1) is 20.2. The summed E-state index contributed by atoms with van der Waals surface area (Å²) in [5.41, 5.74) is 3.70. The van der Waals surface area contributed by atoms with Crippen LogP contribution in [0.25, 0.3) is 0 Å². The molecular weight excluding hydrogens is 352 g/mol. The molecule has 1 aromatic carbocycles. The maximum atomic E-state index is 13.5. The molecule has 2 heterocycles. The van der Waals surface area contributed by atoms with Gasteiger partial charge in [-0.2, -0.15) is 0 Å². The van der Waals surface area contributed by atoms with Gasteiger partial charge in [-0.1, -0.05) is 25.1 Å². The number of hydrogen-bond donors (Lipinski definition) is 0. The van der Waals surface area contributed by atoms with E-state index in [0.29, 0.717) is 12.2 Å². The highest BCUT2D eigenvalue weighted by Gasteiger charge is 2.41. The number of hydrogen-bond acceptors (Lipinski definition) is 3. The smallest absolute Gasteiger partial charge is 0.194 e. The van der Waals surface area contributed by atoms with Crippen molar-refractivity contribution in [2.45, 2.75) is 72.4 Å². The molecule has 1 aliphatic heterocycles. The lowest BCUT2D eigenvalue weighted by Crippen LogP contribution is -2.60. The predicted molar refractivity (Wildman–Crippen MR) is 113 cm³/mol. The minimum absolute atomic E-state index is 0.0895. The summed E-state index contributed by atoms with van der Waals surface area (Å²) in [6.45, 7) is 11.7. The maximum Gasteiger partial charge on any atom is 0.194 e. The molecule has 0 spiro atoms. The Hall–Kier alpha value is -1.52. The largest absolute Gasteiger partial charge is 0.311 e. The second-order valence-corrected chi connectivity index (χ2v) is 9.49. The number of likely N-dealkylation sites (tertiary alicyclic amines) is 1. The van der Waals surface area contributed by atoms with Crippen molar-refractivity contribution in [1.82, 2.24) is 4.98 Å². The fourth-order valence-corrected chi connectivity index (χ4v) is 5.76. The van der Waals surface area contributed by atoms with Gasteiger partial charge in [-0.3, -0.25) is 4.79 Å². The van der Waals surface area contributed by atoms with E-state index in [1.165, 1.54) is 40.8 Å². The van der Waals surface area contributed by atoms with Crippen molar-refractivity contribution in [1.29, 1.82) is 0 Å². The van der Waals surface area contributed by atoms with Crippen LogP contribution in [-0.4, -0.2) is 34.4 Å². The van der Waals surface area contributed by atoms with Crippen molar-refractivity contribution in [3.63, 3.8) is 0 Å². The molecule has 1 unspecified atom stereocenters. The first-order valence-electron chi connectivity index (χ1n) is 10.3. The highest BCUT2D eigenvalue weighted by molar-refractivity contribution is 7.11. The van der Waals surface area contributed by atoms with Crippen LogP contribution >= 0.6 is 11.3 Å². The quantitative estimate of drug-likeness (QED) is 0.616. The van der Waals surface area contributed by atoms with Crippen molar-refractivity contribution in [2.24, 2.45) is 0 Å². The summed E-state index contributed by atoms with van der Waals surface area (Å²) in [5, 5.41) is 1.12. The molecule has 1 aromatic heterocycles. The Labute approximate surface area is 168 Å². The predicted octanol–water partition coefficient (Wildman–Crippen LogP) is 5.16.